The van der Waals surface area contributed by atoms with Crippen molar-refractivity contribution in [3.8, 4) is 45.1 Å². The van der Waals surface area contributed by atoms with E-state index in [1.807, 2.05) is 36.4 Å². The Hall–Kier alpha value is -6.94. The molecule has 0 unspecified atom stereocenters. The molecule has 0 spiro atoms. The van der Waals surface area contributed by atoms with Gasteiger partial charge in [0.1, 0.15) is 0 Å². The Morgan fingerprint density at radius 3 is 1.73 bits per heavy atom. The first-order valence-corrected chi connectivity index (χ1v) is 16.3. The van der Waals surface area contributed by atoms with Gasteiger partial charge in [-0.25, -0.2) is 4.85 Å². The number of fused-ring (bicyclic) bond motifs is 5. The molecule has 8 aromatic carbocycles. The lowest BCUT2D eigenvalue weighted by atomic mass is 9.83. The topological polar surface area (TPSA) is 33.1 Å². The van der Waals surface area contributed by atoms with Crippen LogP contribution in [0.4, 0.5) is 5.69 Å². The molecule has 0 atom stereocenters. The molecule has 0 fully saturated rings. The average molecular weight is 622 g/mol. The van der Waals surface area contributed by atoms with Crippen LogP contribution in [0.15, 0.2) is 164 Å². The van der Waals surface area contributed by atoms with Crippen molar-refractivity contribution in [3.05, 3.63) is 181 Å². The third-order valence-corrected chi connectivity index (χ3v) is 9.64. The molecule has 0 saturated heterocycles. The van der Waals surface area contributed by atoms with Crippen molar-refractivity contribution in [2.24, 2.45) is 0 Å². The molecule has 3 nitrogen and oxygen atoms in total. The van der Waals surface area contributed by atoms with Crippen molar-refractivity contribution in [3.63, 3.8) is 0 Å². The molecule has 0 bridgehead atoms. The van der Waals surface area contributed by atoms with Crippen LogP contribution in [0.5, 0.6) is 0 Å². The van der Waals surface area contributed by atoms with Gasteiger partial charge in [0.05, 0.1) is 34.9 Å². The van der Waals surface area contributed by atoms with Gasteiger partial charge in [-0.3, -0.25) is 0 Å². The van der Waals surface area contributed by atoms with Crippen molar-refractivity contribution in [1.29, 1.82) is 5.26 Å². The van der Waals surface area contributed by atoms with Crippen LogP contribution in [0.2, 0.25) is 0 Å². The van der Waals surface area contributed by atoms with E-state index in [4.69, 9.17) is 6.57 Å². The second kappa shape index (κ2) is 11.4. The van der Waals surface area contributed by atoms with Gasteiger partial charge < -0.3 is 4.57 Å². The highest BCUT2D eigenvalue weighted by Crippen LogP contribution is 2.50. The molecule has 0 aliphatic heterocycles. The summed E-state index contributed by atoms with van der Waals surface area (Å²) in [6, 6.07) is 58.9. The van der Waals surface area contributed by atoms with Gasteiger partial charge in [-0.2, -0.15) is 5.26 Å². The Morgan fingerprint density at radius 2 is 1.04 bits per heavy atom. The minimum atomic E-state index is 0.607. The summed E-state index contributed by atoms with van der Waals surface area (Å²) in [5.74, 6) is 0. The highest BCUT2D eigenvalue weighted by molar-refractivity contribution is 6.24. The van der Waals surface area contributed by atoms with Crippen molar-refractivity contribution < 1.29 is 0 Å². The number of rotatable bonds is 4. The molecule has 226 valence electrons. The minimum Gasteiger partial charge on any atom is -0.309 e. The Kier molecular flexibility index (Phi) is 6.58. The SMILES string of the molecule is [C-]#[N+]c1cccc(-c2ccccc2-n2c3ccccc3c3cc(C#N)ccc32)c1-c1c2ccccc2c(-c2ccccc2)c2ccccc12. The first kappa shape index (κ1) is 28.3. The van der Waals surface area contributed by atoms with E-state index in [1.54, 1.807) is 0 Å². The zero-order valence-corrected chi connectivity index (χ0v) is 26.4. The molecule has 0 aliphatic carbocycles. The molecule has 9 rings (SSSR count). The zero-order valence-electron chi connectivity index (χ0n) is 26.4. The molecule has 0 saturated carbocycles. The van der Waals surface area contributed by atoms with Gasteiger partial charge in [-0.15, -0.1) is 0 Å². The van der Waals surface area contributed by atoms with Crippen molar-refractivity contribution >= 4 is 49.0 Å². The lowest BCUT2D eigenvalue weighted by Gasteiger charge is -2.22. The summed E-state index contributed by atoms with van der Waals surface area (Å²) in [5.41, 5.74) is 10.7. The maximum Gasteiger partial charge on any atom is 0.195 e. The molecule has 1 heterocycles. The summed E-state index contributed by atoms with van der Waals surface area (Å²) < 4.78 is 2.30. The van der Waals surface area contributed by atoms with E-state index >= 15 is 0 Å². The number of nitrogens with zero attached hydrogens (tertiary/aromatic N) is 3. The Balaban J connectivity index is 1.41. The average Bonchev–Trinajstić information content (AvgIpc) is 3.50. The number of aromatic nitrogens is 1. The number of nitriles is 1. The molecular formula is C46H27N3. The van der Waals surface area contributed by atoms with E-state index in [0.717, 1.165) is 76.9 Å². The van der Waals surface area contributed by atoms with Gasteiger partial charge in [-0.1, -0.05) is 133 Å². The van der Waals surface area contributed by atoms with Crippen LogP contribution in [-0.2, 0) is 0 Å². The largest absolute Gasteiger partial charge is 0.309 e. The predicted molar refractivity (Wildman–Crippen MR) is 203 cm³/mol. The maximum atomic E-state index is 9.73. The molecule has 0 radical (unpaired) electrons. The van der Waals surface area contributed by atoms with Gasteiger partial charge >= 0.3 is 0 Å². The molecular weight excluding hydrogens is 595 g/mol. The summed E-state index contributed by atoms with van der Waals surface area (Å²) in [6.45, 7) is 8.43. The Labute approximate surface area is 284 Å². The lowest BCUT2D eigenvalue weighted by molar-refractivity contribution is 1.18. The van der Waals surface area contributed by atoms with Gasteiger partial charge in [0.25, 0.3) is 0 Å². The highest BCUT2D eigenvalue weighted by atomic mass is 15.0. The molecule has 3 heteroatoms. The van der Waals surface area contributed by atoms with E-state index in [0.29, 0.717) is 11.3 Å². The third kappa shape index (κ3) is 4.35. The molecule has 0 amide bonds. The van der Waals surface area contributed by atoms with Crippen LogP contribution in [0.3, 0.4) is 0 Å². The van der Waals surface area contributed by atoms with Gasteiger partial charge in [-0.05, 0) is 79.7 Å². The Bertz CT molecular complexity index is 2790. The minimum absolute atomic E-state index is 0.607. The van der Waals surface area contributed by atoms with Gasteiger partial charge in [0.15, 0.2) is 5.69 Å². The summed E-state index contributed by atoms with van der Waals surface area (Å²) in [5, 5.41) is 16.4. The fraction of sp³-hybridized carbons (Fsp3) is 0. The van der Waals surface area contributed by atoms with Gasteiger partial charge in [0.2, 0.25) is 0 Å². The van der Waals surface area contributed by atoms with Crippen LogP contribution in [0, 0.1) is 17.9 Å². The number of para-hydroxylation sites is 2. The summed E-state index contributed by atoms with van der Waals surface area (Å²) >= 11 is 0. The van der Waals surface area contributed by atoms with E-state index < -0.39 is 0 Å². The zero-order chi connectivity index (χ0) is 32.9. The monoisotopic (exact) mass is 621 g/mol. The van der Waals surface area contributed by atoms with Crippen molar-refractivity contribution in [2.45, 2.75) is 0 Å². The third-order valence-electron chi connectivity index (χ3n) is 9.64. The van der Waals surface area contributed by atoms with E-state index in [1.165, 1.54) is 5.56 Å². The second-order valence-electron chi connectivity index (χ2n) is 12.2. The maximum absolute atomic E-state index is 9.73. The van der Waals surface area contributed by atoms with Crippen LogP contribution < -0.4 is 0 Å². The van der Waals surface area contributed by atoms with Crippen molar-refractivity contribution in [2.75, 3.05) is 0 Å². The first-order valence-electron chi connectivity index (χ1n) is 16.3. The number of benzene rings is 8. The van der Waals surface area contributed by atoms with Gasteiger partial charge in [0, 0.05) is 16.3 Å². The Morgan fingerprint density at radius 1 is 0.469 bits per heavy atom. The summed E-state index contributed by atoms with van der Waals surface area (Å²) in [4.78, 5) is 4.15. The first-order chi connectivity index (χ1) is 24.3. The van der Waals surface area contributed by atoms with Crippen LogP contribution in [0.1, 0.15) is 5.56 Å². The predicted octanol–water partition coefficient (Wildman–Crippen LogP) is 12.5. The van der Waals surface area contributed by atoms with Crippen LogP contribution in [0.25, 0.3) is 87.3 Å². The second-order valence-corrected chi connectivity index (χ2v) is 12.2. The van der Waals surface area contributed by atoms with E-state index in [2.05, 4.69) is 143 Å². The van der Waals surface area contributed by atoms with E-state index in [9.17, 15) is 5.26 Å². The number of hydrogen-bond acceptors (Lipinski definition) is 1. The molecule has 0 aliphatic rings. The van der Waals surface area contributed by atoms with Crippen LogP contribution in [-0.4, -0.2) is 4.57 Å². The molecule has 0 N–H and O–H groups in total. The molecule has 49 heavy (non-hydrogen) atoms. The fourth-order valence-electron chi connectivity index (χ4n) is 7.63. The lowest BCUT2D eigenvalue weighted by Crippen LogP contribution is -1.99. The smallest absolute Gasteiger partial charge is 0.195 e. The fourth-order valence-corrected chi connectivity index (χ4v) is 7.63. The summed E-state index contributed by atoms with van der Waals surface area (Å²) in [6.07, 6.45) is 0. The quantitative estimate of drug-likeness (QED) is 0.142. The normalized spacial score (nSPS) is 11.2. The van der Waals surface area contributed by atoms with Crippen molar-refractivity contribution in [1.82, 2.24) is 4.57 Å². The van der Waals surface area contributed by atoms with E-state index in [-0.39, 0.29) is 0 Å². The summed E-state index contributed by atoms with van der Waals surface area (Å²) in [7, 11) is 0. The highest BCUT2D eigenvalue weighted by Gasteiger charge is 2.23. The molecule has 9 aromatic rings. The van der Waals surface area contributed by atoms with Crippen LogP contribution >= 0.6 is 0 Å². The number of hydrogen-bond donors (Lipinski definition) is 0. The standard InChI is InChI=1S/C46H27N3/c1-48-40-23-13-22-34(32-16-9-11-24-41(32)49-42-25-12-10-17-33(42)39-28-30(29-47)26-27-43(39)49)46(40)45-37-20-7-5-18-35(37)44(31-14-3-2-4-15-31)36-19-6-8-21-38(36)45/h2-28H. The molecule has 1 aromatic heterocycles.